The summed E-state index contributed by atoms with van der Waals surface area (Å²) in [6, 6.07) is 9.81. The highest BCUT2D eigenvalue weighted by Gasteiger charge is 2.19. The van der Waals surface area contributed by atoms with Crippen LogP contribution in [0.15, 0.2) is 47.5 Å². The van der Waals surface area contributed by atoms with Crippen LogP contribution in [-0.2, 0) is 9.84 Å². The zero-order valence-corrected chi connectivity index (χ0v) is 13.0. The molecule has 0 radical (unpaired) electrons. The average Bonchev–Trinajstić information content (AvgIpc) is 2.97. The summed E-state index contributed by atoms with van der Waals surface area (Å²) in [5.74, 6) is -0.250. The van der Waals surface area contributed by atoms with Crippen molar-refractivity contribution in [3.05, 3.63) is 59.7 Å². The Morgan fingerprint density at radius 1 is 1.00 bits per heavy atom. The molecule has 3 rings (SSSR count). The van der Waals surface area contributed by atoms with Crippen LogP contribution in [0.3, 0.4) is 0 Å². The quantitative estimate of drug-likeness (QED) is 0.867. The molecule has 3 nitrogen and oxygen atoms in total. The SMILES string of the molecule is CS(=O)(=O)c1ccc(C2=C(c3ccc(F)cc3)CCC2)nc1. The lowest BCUT2D eigenvalue weighted by atomic mass is 10.00. The molecule has 1 aromatic heterocycles. The Hall–Kier alpha value is -2.01. The Kier molecular flexibility index (Phi) is 3.83. The first kappa shape index (κ1) is 14.9. The van der Waals surface area contributed by atoms with E-state index in [-0.39, 0.29) is 10.7 Å². The molecule has 114 valence electrons. The molecule has 22 heavy (non-hydrogen) atoms. The Morgan fingerprint density at radius 2 is 1.68 bits per heavy atom. The molecule has 0 atom stereocenters. The third kappa shape index (κ3) is 2.95. The minimum atomic E-state index is -3.23. The van der Waals surface area contributed by atoms with Gasteiger partial charge in [-0.05, 0) is 60.2 Å². The van der Waals surface area contributed by atoms with Gasteiger partial charge in [-0.2, -0.15) is 0 Å². The van der Waals surface area contributed by atoms with E-state index >= 15 is 0 Å². The minimum Gasteiger partial charge on any atom is -0.255 e. The normalized spacial score (nSPS) is 15.4. The molecule has 1 heterocycles. The number of rotatable bonds is 3. The number of aromatic nitrogens is 1. The summed E-state index contributed by atoms with van der Waals surface area (Å²) >= 11 is 0. The monoisotopic (exact) mass is 317 g/mol. The van der Waals surface area contributed by atoms with Gasteiger partial charge in [0.1, 0.15) is 5.82 Å². The maximum absolute atomic E-state index is 13.1. The van der Waals surface area contributed by atoms with E-state index in [2.05, 4.69) is 4.98 Å². The third-order valence-corrected chi connectivity index (χ3v) is 4.98. The van der Waals surface area contributed by atoms with Crippen molar-refractivity contribution >= 4 is 21.0 Å². The summed E-state index contributed by atoms with van der Waals surface area (Å²) in [7, 11) is -3.23. The summed E-state index contributed by atoms with van der Waals surface area (Å²) in [5.41, 5.74) is 4.08. The molecule has 1 aliphatic carbocycles. The molecule has 0 spiro atoms. The molecule has 5 heteroatoms. The number of hydrogen-bond acceptors (Lipinski definition) is 3. The van der Waals surface area contributed by atoms with Crippen molar-refractivity contribution in [2.45, 2.75) is 24.2 Å². The van der Waals surface area contributed by atoms with E-state index in [9.17, 15) is 12.8 Å². The Bertz CT molecular complexity index is 822. The molecule has 0 aliphatic heterocycles. The standard InChI is InChI=1S/C17H16FNO2S/c1-22(20,21)14-9-10-17(19-11-14)16-4-2-3-15(16)12-5-7-13(18)8-6-12/h5-11H,2-4H2,1H3. The number of hydrogen-bond donors (Lipinski definition) is 0. The van der Waals surface area contributed by atoms with E-state index in [0.717, 1.165) is 36.1 Å². The summed E-state index contributed by atoms with van der Waals surface area (Å²) in [4.78, 5) is 4.53. The number of nitrogens with zero attached hydrogens (tertiary/aromatic N) is 1. The van der Waals surface area contributed by atoms with Crippen molar-refractivity contribution < 1.29 is 12.8 Å². The lowest BCUT2D eigenvalue weighted by Crippen LogP contribution is -1.99. The van der Waals surface area contributed by atoms with Crippen LogP contribution in [0.2, 0.25) is 0 Å². The molecular weight excluding hydrogens is 301 g/mol. The number of halogens is 1. The molecule has 1 aliphatic rings. The van der Waals surface area contributed by atoms with E-state index in [1.165, 1.54) is 30.2 Å². The van der Waals surface area contributed by atoms with Crippen LogP contribution in [0.25, 0.3) is 11.1 Å². The van der Waals surface area contributed by atoms with Gasteiger partial charge in [0.25, 0.3) is 0 Å². The molecule has 0 saturated carbocycles. The van der Waals surface area contributed by atoms with Crippen molar-refractivity contribution in [1.82, 2.24) is 4.98 Å². The Morgan fingerprint density at radius 3 is 2.27 bits per heavy atom. The predicted molar refractivity (Wildman–Crippen MR) is 84.4 cm³/mol. The van der Waals surface area contributed by atoms with E-state index in [0.29, 0.717) is 0 Å². The van der Waals surface area contributed by atoms with E-state index in [1.54, 1.807) is 24.3 Å². The molecule has 0 amide bonds. The highest BCUT2D eigenvalue weighted by atomic mass is 32.2. The third-order valence-electron chi connectivity index (χ3n) is 3.88. The van der Waals surface area contributed by atoms with Crippen LogP contribution >= 0.6 is 0 Å². The van der Waals surface area contributed by atoms with E-state index in [4.69, 9.17) is 0 Å². The van der Waals surface area contributed by atoms with E-state index < -0.39 is 9.84 Å². The van der Waals surface area contributed by atoms with Gasteiger partial charge in [0.05, 0.1) is 10.6 Å². The lowest BCUT2D eigenvalue weighted by Gasteiger charge is -2.08. The molecular formula is C17H16FNO2S. The lowest BCUT2D eigenvalue weighted by molar-refractivity contribution is 0.601. The summed E-state index contributed by atoms with van der Waals surface area (Å²) < 4.78 is 36.1. The fraction of sp³-hybridized carbons (Fsp3) is 0.235. The van der Waals surface area contributed by atoms with Gasteiger partial charge in [-0.25, -0.2) is 12.8 Å². The maximum atomic E-state index is 13.1. The van der Waals surface area contributed by atoms with Crippen LogP contribution in [0.1, 0.15) is 30.5 Å². The van der Waals surface area contributed by atoms with Crippen molar-refractivity contribution in [2.24, 2.45) is 0 Å². The maximum Gasteiger partial charge on any atom is 0.177 e. The minimum absolute atomic E-state index is 0.221. The van der Waals surface area contributed by atoms with Crippen LogP contribution in [0.4, 0.5) is 4.39 Å². The second-order valence-electron chi connectivity index (χ2n) is 5.47. The van der Waals surface area contributed by atoms with Crippen molar-refractivity contribution in [2.75, 3.05) is 6.26 Å². The zero-order valence-electron chi connectivity index (χ0n) is 12.2. The fourth-order valence-electron chi connectivity index (χ4n) is 2.77. The predicted octanol–water partition coefficient (Wildman–Crippen LogP) is 3.72. The van der Waals surface area contributed by atoms with E-state index in [1.807, 2.05) is 0 Å². The van der Waals surface area contributed by atoms with Crippen molar-refractivity contribution in [3.63, 3.8) is 0 Å². The first-order valence-corrected chi connectivity index (χ1v) is 8.99. The second kappa shape index (κ2) is 5.65. The second-order valence-corrected chi connectivity index (χ2v) is 7.48. The highest BCUT2D eigenvalue weighted by molar-refractivity contribution is 7.90. The zero-order chi connectivity index (χ0) is 15.7. The molecule has 2 aromatic rings. The van der Waals surface area contributed by atoms with Crippen LogP contribution in [-0.4, -0.2) is 19.7 Å². The van der Waals surface area contributed by atoms with Gasteiger partial charge in [0, 0.05) is 12.5 Å². The molecule has 0 saturated heterocycles. The molecule has 0 bridgehead atoms. The topological polar surface area (TPSA) is 47.0 Å². The smallest absolute Gasteiger partial charge is 0.177 e. The number of sulfone groups is 1. The van der Waals surface area contributed by atoms with Crippen LogP contribution < -0.4 is 0 Å². The van der Waals surface area contributed by atoms with Gasteiger partial charge in [-0.15, -0.1) is 0 Å². The molecule has 0 unspecified atom stereocenters. The average molecular weight is 317 g/mol. The van der Waals surface area contributed by atoms with Crippen LogP contribution in [0.5, 0.6) is 0 Å². The van der Waals surface area contributed by atoms with Gasteiger partial charge >= 0.3 is 0 Å². The summed E-state index contributed by atoms with van der Waals surface area (Å²) in [6.45, 7) is 0. The summed E-state index contributed by atoms with van der Waals surface area (Å²) in [5, 5.41) is 0. The van der Waals surface area contributed by atoms with Gasteiger partial charge < -0.3 is 0 Å². The highest BCUT2D eigenvalue weighted by Crippen LogP contribution is 2.39. The molecule has 0 fully saturated rings. The Labute approximate surface area is 129 Å². The molecule has 1 aromatic carbocycles. The molecule has 0 N–H and O–H groups in total. The van der Waals surface area contributed by atoms with Gasteiger partial charge in [-0.1, -0.05) is 12.1 Å². The number of benzene rings is 1. The first-order valence-electron chi connectivity index (χ1n) is 7.09. The van der Waals surface area contributed by atoms with Crippen molar-refractivity contribution in [3.8, 4) is 0 Å². The van der Waals surface area contributed by atoms with Gasteiger partial charge in [0.2, 0.25) is 0 Å². The summed E-state index contributed by atoms with van der Waals surface area (Å²) in [6.07, 6.45) is 5.42. The number of pyridine rings is 1. The van der Waals surface area contributed by atoms with Crippen LogP contribution in [0, 0.1) is 5.82 Å². The fourth-order valence-corrected chi connectivity index (χ4v) is 3.33. The largest absolute Gasteiger partial charge is 0.255 e. The first-order chi connectivity index (χ1) is 10.4. The van der Waals surface area contributed by atoms with Gasteiger partial charge in [0.15, 0.2) is 9.84 Å². The van der Waals surface area contributed by atoms with Crippen molar-refractivity contribution in [1.29, 1.82) is 0 Å². The number of allylic oxidation sites excluding steroid dienone is 2. The van der Waals surface area contributed by atoms with Gasteiger partial charge in [-0.3, -0.25) is 4.98 Å². The Balaban J connectivity index is 2.01.